The quantitative estimate of drug-likeness (QED) is 0.793. The Morgan fingerprint density at radius 1 is 1.20 bits per heavy atom. The zero-order valence-corrected chi connectivity index (χ0v) is 11.3. The summed E-state index contributed by atoms with van der Waals surface area (Å²) in [6.07, 6.45) is -0.905. The molecule has 0 aliphatic rings. The van der Waals surface area contributed by atoms with Crippen molar-refractivity contribution >= 4 is 11.0 Å². The molecule has 0 amide bonds. The molecule has 3 aromatic rings. The maximum Gasteiger partial charge on any atom is 0.213 e. The van der Waals surface area contributed by atoms with Crippen LogP contribution in [0.4, 0.5) is 0 Å². The monoisotopic (exact) mass is 269 g/mol. The van der Waals surface area contributed by atoms with Gasteiger partial charge in [0.15, 0.2) is 6.10 Å². The van der Waals surface area contributed by atoms with Crippen LogP contribution in [0.1, 0.15) is 23.1 Å². The minimum Gasteiger partial charge on any atom is -0.481 e. The van der Waals surface area contributed by atoms with Crippen LogP contribution in [0.3, 0.4) is 0 Å². The Hall–Kier alpha value is -2.33. The Morgan fingerprint density at radius 3 is 2.85 bits per heavy atom. The van der Waals surface area contributed by atoms with E-state index in [1.54, 1.807) is 25.3 Å². The van der Waals surface area contributed by atoms with Gasteiger partial charge in [-0.1, -0.05) is 17.7 Å². The van der Waals surface area contributed by atoms with E-state index in [0.717, 1.165) is 16.5 Å². The number of benzene rings is 1. The summed E-state index contributed by atoms with van der Waals surface area (Å²) >= 11 is 0. The van der Waals surface area contributed by atoms with Crippen molar-refractivity contribution in [2.24, 2.45) is 0 Å². The van der Waals surface area contributed by atoms with Crippen molar-refractivity contribution in [1.82, 2.24) is 4.98 Å². The molecule has 102 valence electrons. The third-order valence-corrected chi connectivity index (χ3v) is 3.19. The average molecular weight is 269 g/mol. The first-order valence-corrected chi connectivity index (χ1v) is 6.36. The predicted octanol–water partition coefficient (Wildman–Crippen LogP) is 3.23. The van der Waals surface area contributed by atoms with E-state index in [1.165, 1.54) is 0 Å². The van der Waals surface area contributed by atoms with Crippen molar-refractivity contribution in [1.29, 1.82) is 0 Å². The number of aryl methyl sites for hydroxylation is 1. The van der Waals surface area contributed by atoms with E-state index >= 15 is 0 Å². The normalized spacial score (nSPS) is 12.6. The molecule has 2 heterocycles. The van der Waals surface area contributed by atoms with E-state index in [4.69, 9.17) is 9.15 Å². The average Bonchev–Trinajstić information content (AvgIpc) is 2.89. The highest BCUT2D eigenvalue weighted by Crippen LogP contribution is 2.28. The van der Waals surface area contributed by atoms with Crippen LogP contribution in [0.5, 0.6) is 5.88 Å². The van der Waals surface area contributed by atoms with Crippen LogP contribution < -0.4 is 4.74 Å². The Kier molecular flexibility index (Phi) is 3.16. The molecule has 0 bridgehead atoms. The van der Waals surface area contributed by atoms with Crippen molar-refractivity contribution in [3.05, 3.63) is 59.5 Å². The molecule has 0 saturated heterocycles. The van der Waals surface area contributed by atoms with Crippen LogP contribution in [0, 0.1) is 6.92 Å². The number of hydrogen-bond donors (Lipinski definition) is 1. The molecule has 0 fully saturated rings. The minimum atomic E-state index is -0.905. The number of aromatic nitrogens is 1. The van der Waals surface area contributed by atoms with Crippen LogP contribution in [0.15, 0.2) is 46.9 Å². The van der Waals surface area contributed by atoms with E-state index in [1.807, 2.05) is 31.2 Å². The second-order valence-corrected chi connectivity index (χ2v) is 4.70. The van der Waals surface area contributed by atoms with E-state index in [9.17, 15) is 5.11 Å². The van der Waals surface area contributed by atoms with Gasteiger partial charge in [0.2, 0.25) is 5.88 Å². The number of methoxy groups -OCH3 is 1. The van der Waals surface area contributed by atoms with Crippen LogP contribution in [0.2, 0.25) is 0 Å². The highest BCUT2D eigenvalue weighted by Gasteiger charge is 2.17. The molecular formula is C16H15NO3. The Labute approximate surface area is 116 Å². The summed E-state index contributed by atoms with van der Waals surface area (Å²) in [7, 11) is 1.54. The molecule has 4 nitrogen and oxygen atoms in total. The lowest BCUT2D eigenvalue weighted by molar-refractivity contribution is 0.186. The lowest BCUT2D eigenvalue weighted by atomic mass is 10.1. The van der Waals surface area contributed by atoms with Gasteiger partial charge < -0.3 is 14.3 Å². The number of fused-ring (bicyclic) bond motifs is 1. The number of furan rings is 1. The van der Waals surface area contributed by atoms with Gasteiger partial charge in [-0.25, -0.2) is 4.98 Å². The molecule has 1 N–H and O–H groups in total. The summed E-state index contributed by atoms with van der Waals surface area (Å²) in [6, 6.07) is 13.0. The van der Waals surface area contributed by atoms with Crippen LogP contribution in [0.25, 0.3) is 11.0 Å². The molecule has 0 aliphatic carbocycles. The molecule has 0 saturated carbocycles. The Bertz CT molecular complexity index is 748. The highest BCUT2D eigenvalue weighted by atomic mass is 16.5. The number of rotatable bonds is 3. The van der Waals surface area contributed by atoms with Gasteiger partial charge in [0.25, 0.3) is 0 Å². The first-order chi connectivity index (χ1) is 9.67. The maximum absolute atomic E-state index is 10.4. The third kappa shape index (κ3) is 2.26. The molecular weight excluding hydrogens is 254 g/mol. The number of aliphatic hydroxyl groups is 1. The zero-order chi connectivity index (χ0) is 14.1. The van der Waals surface area contributed by atoms with Crippen LogP contribution in [-0.4, -0.2) is 17.2 Å². The van der Waals surface area contributed by atoms with Crippen molar-refractivity contribution in [3.63, 3.8) is 0 Å². The van der Waals surface area contributed by atoms with E-state index in [0.29, 0.717) is 17.3 Å². The topological polar surface area (TPSA) is 55.5 Å². The molecule has 0 spiro atoms. The molecule has 3 rings (SSSR count). The molecule has 1 aromatic carbocycles. The summed E-state index contributed by atoms with van der Waals surface area (Å²) in [5, 5.41) is 11.3. The lowest BCUT2D eigenvalue weighted by Crippen LogP contribution is -2.01. The van der Waals surface area contributed by atoms with Gasteiger partial charge in [-0.05, 0) is 31.2 Å². The lowest BCUT2D eigenvalue weighted by Gasteiger charge is -2.08. The summed E-state index contributed by atoms with van der Waals surface area (Å²) in [6.45, 7) is 2.02. The number of nitrogens with zero attached hydrogens (tertiary/aromatic N) is 1. The molecule has 0 radical (unpaired) electrons. The van der Waals surface area contributed by atoms with Crippen LogP contribution in [-0.2, 0) is 0 Å². The van der Waals surface area contributed by atoms with Gasteiger partial charge >= 0.3 is 0 Å². The fraction of sp³-hybridized carbons (Fsp3) is 0.188. The summed E-state index contributed by atoms with van der Waals surface area (Å²) in [5.41, 5.74) is 2.41. The standard InChI is InChI=1S/C16H15NO3/c1-10-6-7-13-11(8-10)9-14(20-13)16(18)12-4-3-5-15(17-12)19-2/h3-9,16,18H,1-2H3. The minimum absolute atomic E-state index is 0.466. The van der Waals surface area contributed by atoms with Gasteiger partial charge in [0, 0.05) is 11.5 Å². The first kappa shape index (κ1) is 12.7. The summed E-state index contributed by atoms with van der Waals surface area (Å²) < 4.78 is 10.7. The van der Waals surface area contributed by atoms with Gasteiger partial charge in [-0.15, -0.1) is 0 Å². The van der Waals surface area contributed by atoms with Gasteiger partial charge in [-0.3, -0.25) is 0 Å². The number of ether oxygens (including phenoxy) is 1. The number of pyridine rings is 1. The van der Waals surface area contributed by atoms with Crippen molar-refractivity contribution in [3.8, 4) is 5.88 Å². The molecule has 4 heteroatoms. The smallest absolute Gasteiger partial charge is 0.213 e. The molecule has 2 aromatic heterocycles. The largest absolute Gasteiger partial charge is 0.481 e. The first-order valence-electron chi connectivity index (χ1n) is 6.36. The number of hydrogen-bond acceptors (Lipinski definition) is 4. The summed E-state index contributed by atoms with van der Waals surface area (Å²) in [5.74, 6) is 0.944. The van der Waals surface area contributed by atoms with Gasteiger partial charge in [0.05, 0.1) is 12.8 Å². The number of aliphatic hydroxyl groups excluding tert-OH is 1. The van der Waals surface area contributed by atoms with E-state index in [2.05, 4.69) is 4.98 Å². The van der Waals surface area contributed by atoms with Gasteiger partial charge in [0.1, 0.15) is 11.3 Å². The van der Waals surface area contributed by atoms with Gasteiger partial charge in [-0.2, -0.15) is 0 Å². The Balaban J connectivity index is 2.00. The SMILES string of the molecule is COc1cccc(C(O)c2cc3cc(C)ccc3o2)n1. The fourth-order valence-corrected chi connectivity index (χ4v) is 2.16. The second-order valence-electron chi connectivity index (χ2n) is 4.70. The highest BCUT2D eigenvalue weighted by molar-refractivity contribution is 5.78. The maximum atomic E-state index is 10.4. The van der Waals surface area contributed by atoms with E-state index < -0.39 is 6.10 Å². The molecule has 1 atom stereocenters. The fourth-order valence-electron chi connectivity index (χ4n) is 2.16. The third-order valence-electron chi connectivity index (χ3n) is 3.19. The predicted molar refractivity (Wildman–Crippen MR) is 75.8 cm³/mol. The molecule has 0 aliphatic heterocycles. The second kappa shape index (κ2) is 4.98. The van der Waals surface area contributed by atoms with Crippen molar-refractivity contribution in [2.45, 2.75) is 13.0 Å². The van der Waals surface area contributed by atoms with E-state index in [-0.39, 0.29) is 0 Å². The van der Waals surface area contributed by atoms with Crippen LogP contribution >= 0.6 is 0 Å². The Morgan fingerprint density at radius 2 is 2.05 bits per heavy atom. The molecule has 1 unspecified atom stereocenters. The molecule has 20 heavy (non-hydrogen) atoms. The van der Waals surface area contributed by atoms with Crippen molar-refractivity contribution in [2.75, 3.05) is 7.11 Å². The van der Waals surface area contributed by atoms with Crippen molar-refractivity contribution < 1.29 is 14.3 Å². The summed E-state index contributed by atoms with van der Waals surface area (Å²) in [4.78, 5) is 4.22. The zero-order valence-electron chi connectivity index (χ0n) is 11.3.